The second-order valence-electron chi connectivity index (χ2n) is 7.62. The van der Waals surface area contributed by atoms with Gasteiger partial charge in [0.25, 0.3) is 0 Å². The van der Waals surface area contributed by atoms with Crippen LogP contribution in [0.1, 0.15) is 69.2 Å². The molecule has 3 nitrogen and oxygen atoms in total. The second kappa shape index (κ2) is 6.17. The summed E-state index contributed by atoms with van der Waals surface area (Å²) in [6.07, 6.45) is 0. The van der Waals surface area contributed by atoms with E-state index >= 15 is 0 Å². The number of rotatable bonds is 0. The van der Waals surface area contributed by atoms with Crippen LogP contribution in [0.2, 0.25) is 0 Å². The van der Waals surface area contributed by atoms with Gasteiger partial charge in [-0.25, -0.2) is 0 Å². The van der Waals surface area contributed by atoms with Crippen LogP contribution in [0.4, 0.5) is 0 Å². The Morgan fingerprint density at radius 3 is 0.529 bits per heavy atom. The summed E-state index contributed by atoms with van der Waals surface area (Å²) in [4.78, 5) is 0. The van der Waals surface area contributed by atoms with E-state index in [-0.39, 0.29) is 16.3 Å². The van der Waals surface area contributed by atoms with Crippen molar-refractivity contribution < 1.29 is 15.7 Å². The van der Waals surface area contributed by atoms with E-state index in [1.165, 1.54) is 0 Å². The summed E-state index contributed by atoms with van der Waals surface area (Å²) >= 11 is 0. The molecule has 0 amide bonds. The van der Waals surface area contributed by atoms with Crippen LogP contribution in [0.25, 0.3) is 0 Å². The fourth-order valence-corrected chi connectivity index (χ4v) is 0. The number of aliphatic hydroxyl groups is 2. The predicted octanol–water partition coefficient (Wildman–Crippen LogP) is 2.78. The van der Waals surface area contributed by atoms with Crippen molar-refractivity contribution in [2.24, 2.45) is 10.8 Å². The van der Waals surface area contributed by atoms with Crippen molar-refractivity contribution in [3.8, 4) is 0 Å². The lowest BCUT2D eigenvalue weighted by atomic mass is 9.79. The van der Waals surface area contributed by atoms with Crippen LogP contribution in [0.3, 0.4) is 0 Å². The minimum Gasteiger partial charge on any atom is -0.412 e. The minimum absolute atomic E-state index is 0. The molecule has 0 aliphatic rings. The largest absolute Gasteiger partial charge is 0.412 e. The molecule has 0 rings (SSSR count). The molecule has 0 unspecified atom stereocenters. The van der Waals surface area contributed by atoms with Gasteiger partial charge in [0.05, 0.1) is 11.2 Å². The van der Waals surface area contributed by atoms with E-state index in [0.29, 0.717) is 0 Å². The zero-order chi connectivity index (χ0) is 14.0. The summed E-state index contributed by atoms with van der Waals surface area (Å²) in [6, 6.07) is 0. The summed E-state index contributed by atoms with van der Waals surface area (Å²) in [7, 11) is 0. The van der Waals surface area contributed by atoms with E-state index in [4.69, 9.17) is 0 Å². The highest BCUT2D eigenvalue weighted by Gasteiger charge is 2.30. The molecule has 0 aromatic carbocycles. The van der Waals surface area contributed by atoms with Gasteiger partial charge in [-0.1, -0.05) is 41.5 Å². The molecule has 0 aromatic heterocycles. The highest BCUT2D eigenvalue weighted by molar-refractivity contribution is 4.81. The lowest BCUT2D eigenvalue weighted by Gasteiger charge is -2.33. The Morgan fingerprint density at radius 1 is 0.471 bits per heavy atom. The van der Waals surface area contributed by atoms with Gasteiger partial charge in [0.2, 0.25) is 0 Å². The molecule has 0 atom stereocenters. The van der Waals surface area contributed by atoms with Gasteiger partial charge >= 0.3 is 0 Å². The third kappa shape index (κ3) is 9.57. The summed E-state index contributed by atoms with van der Waals surface area (Å²) in [6.45, 7) is 19.4. The Balaban J connectivity index is -0.000000218. The molecule has 0 aliphatic heterocycles. The molecule has 108 valence electrons. The Hall–Kier alpha value is -0.120. The van der Waals surface area contributed by atoms with Crippen LogP contribution in [0.15, 0.2) is 0 Å². The van der Waals surface area contributed by atoms with E-state index in [9.17, 15) is 10.2 Å². The molecule has 0 saturated heterocycles. The molecular weight excluding hydrogens is 216 g/mol. The Kier molecular flexibility index (Phi) is 8.01. The number of hydrogen-bond donors (Lipinski definition) is 2. The van der Waals surface area contributed by atoms with Crippen molar-refractivity contribution in [2.45, 2.75) is 80.4 Å². The standard InChI is InChI=1S/2C7H16O.H2O/c2*1-6(2,3)7(4,5)8;/h2*8H,1-5H3;1H2. The van der Waals surface area contributed by atoms with Gasteiger partial charge in [0.15, 0.2) is 0 Å². The molecule has 3 heteroatoms. The smallest absolute Gasteiger partial charge is 0.0639 e. The normalized spacial score (nSPS) is 13.4. The van der Waals surface area contributed by atoms with Crippen molar-refractivity contribution in [3.05, 3.63) is 0 Å². The molecule has 0 saturated carbocycles. The van der Waals surface area contributed by atoms with Gasteiger partial charge in [0.1, 0.15) is 0 Å². The first-order chi connectivity index (χ1) is 6.50. The summed E-state index contributed by atoms with van der Waals surface area (Å²) in [5.41, 5.74) is -1.14. The molecule has 0 radical (unpaired) electrons. The number of hydrogen-bond acceptors (Lipinski definition) is 2. The average Bonchev–Trinajstić information content (AvgIpc) is 1.77. The maximum atomic E-state index is 9.35. The minimum atomic E-state index is -0.562. The van der Waals surface area contributed by atoms with Crippen LogP contribution >= 0.6 is 0 Å². The average molecular weight is 250 g/mol. The zero-order valence-electron chi connectivity index (χ0n) is 13.4. The fourth-order valence-electron chi connectivity index (χ4n) is 0. The van der Waals surface area contributed by atoms with Gasteiger partial charge in [-0.3, -0.25) is 0 Å². The molecule has 0 fully saturated rings. The van der Waals surface area contributed by atoms with Crippen molar-refractivity contribution in [1.29, 1.82) is 0 Å². The highest BCUT2D eigenvalue weighted by atomic mass is 16.3. The quantitative estimate of drug-likeness (QED) is 0.694. The molecule has 0 aliphatic carbocycles. The molecule has 0 bridgehead atoms. The Bertz CT molecular complexity index is 145. The molecule has 0 aromatic rings. The molecule has 0 heterocycles. The Labute approximate surface area is 108 Å². The van der Waals surface area contributed by atoms with Gasteiger partial charge in [0, 0.05) is 0 Å². The van der Waals surface area contributed by atoms with E-state index < -0.39 is 11.2 Å². The third-order valence-electron chi connectivity index (χ3n) is 3.67. The maximum absolute atomic E-state index is 9.35. The van der Waals surface area contributed by atoms with Gasteiger partial charge in [-0.05, 0) is 38.5 Å². The Morgan fingerprint density at radius 2 is 0.529 bits per heavy atom. The van der Waals surface area contributed by atoms with E-state index in [2.05, 4.69) is 0 Å². The van der Waals surface area contributed by atoms with Gasteiger partial charge in [-0.2, -0.15) is 0 Å². The van der Waals surface area contributed by atoms with Crippen molar-refractivity contribution >= 4 is 0 Å². The SMILES string of the molecule is CC(C)(C)C(C)(C)O.CC(C)(C)C(C)(C)O.O. The van der Waals surface area contributed by atoms with Gasteiger partial charge < -0.3 is 15.7 Å². The molecular formula is C14H34O3. The molecule has 17 heavy (non-hydrogen) atoms. The third-order valence-corrected chi connectivity index (χ3v) is 3.67. The van der Waals surface area contributed by atoms with E-state index in [0.717, 1.165) is 0 Å². The summed E-state index contributed by atoms with van der Waals surface area (Å²) in [5, 5.41) is 18.7. The van der Waals surface area contributed by atoms with Crippen molar-refractivity contribution in [3.63, 3.8) is 0 Å². The summed E-state index contributed by atoms with van der Waals surface area (Å²) in [5.74, 6) is 0. The maximum Gasteiger partial charge on any atom is 0.0639 e. The monoisotopic (exact) mass is 250 g/mol. The van der Waals surface area contributed by atoms with Gasteiger partial charge in [-0.15, -0.1) is 0 Å². The highest BCUT2D eigenvalue weighted by Crippen LogP contribution is 2.29. The summed E-state index contributed by atoms with van der Waals surface area (Å²) < 4.78 is 0. The molecule has 0 spiro atoms. The van der Waals surface area contributed by atoms with Crippen molar-refractivity contribution in [1.82, 2.24) is 0 Å². The first kappa shape index (κ1) is 22.1. The lowest BCUT2D eigenvalue weighted by molar-refractivity contribution is -0.0240. The van der Waals surface area contributed by atoms with Crippen LogP contribution in [-0.2, 0) is 0 Å². The lowest BCUT2D eigenvalue weighted by Crippen LogP contribution is -2.35. The first-order valence-electron chi connectivity index (χ1n) is 5.95. The van der Waals surface area contributed by atoms with Crippen LogP contribution in [0, 0.1) is 10.8 Å². The van der Waals surface area contributed by atoms with Crippen molar-refractivity contribution in [2.75, 3.05) is 0 Å². The van der Waals surface area contributed by atoms with Crippen LogP contribution in [0.5, 0.6) is 0 Å². The second-order valence-corrected chi connectivity index (χ2v) is 7.62. The first-order valence-corrected chi connectivity index (χ1v) is 5.95. The topological polar surface area (TPSA) is 72.0 Å². The van der Waals surface area contributed by atoms with Crippen LogP contribution in [-0.4, -0.2) is 26.9 Å². The van der Waals surface area contributed by atoms with E-state index in [1.807, 2.05) is 69.2 Å². The van der Waals surface area contributed by atoms with E-state index in [1.54, 1.807) is 0 Å². The zero-order valence-corrected chi connectivity index (χ0v) is 13.4. The fraction of sp³-hybridized carbons (Fsp3) is 1.00. The molecule has 4 N–H and O–H groups in total. The van der Waals surface area contributed by atoms with Crippen LogP contribution < -0.4 is 0 Å². The predicted molar refractivity (Wildman–Crippen MR) is 75.1 cm³/mol.